The second kappa shape index (κ2) is 17.3. The summed E-state index contributed by atoms with van der Waals surface area (Å²) in [6.07, 6.45) is 7.85. The number of nitrogens with one attached hydrogen (secondary N) is 1. The zero-order chi connectivity index (χ0) is 30.3. The van der Waals surface area contributed by atoms with Crippen molar-refractivity contribution < 1.29 is 28.8 Å². The number of hydrogen-bond donors (Lipinski definition) is 2. The van der Waals surface area contributed by atoms with E-state index in [-0.39, 0.29) is 6.61 Å². The van der Waals surface area contributed by atoms with Gasteiger partial charge in [0.15, 0.2) is 0 Å². The van der Waals surface area contributed by atoms with E-state index in [4.69, 9.17) is 28.8 Å². The smallest absolute Gasteiger partial charge is 0.129 e. The van der Waals surface area contributed by atoms with Crippen LogP contribution in [0.5, 0.6) is 23.0 Å². The lowest BCUT2D eigenvalue weighted by molar-refractivity contribution is 0.0322. The highest BCUT2D eigenvalue weighted by molar-refractivity contribution is 5.75. The number of nitrogens with zero attached hydrogens (tertiary/aromatic N) is 3. The number of rotatable bonds is 17. The molecule has 43 heavy (non-hydrogen) atoms. The highest BCUT2D eigenvalue weighted by Gasteiger charge is 2.11. The third-order valence-corrected chi connectivity index (χ3v) is 7.22. The molecule has 1 fully saturated rings. The van der Waals surface area contributed by atoms with Crippen LogP contribution in [-0.4, -0.2) is 112 Å². The van der Waals surface area contributed by atoms with Crippen LogP contribution in [-0.2, 0) is 4.74 Å². The molecular formula is C33H44N4O6. The molecular weight excluding hydrogens is 548 g/mol. The number of H-pyrrole nitrogens is 1. The fraction of sp³-hybridized carbons (Fsp3) is 0.424. The van der Waals surface area contributed by atoms with Crippen LogP contribution in [0.4, 0.5) is 0 Å². The van der Waals surface area contributed by atoms with E-state index in [1.807, 2.05) is 66.8 Å². The average molecular weight is 593 g/mol. The van der Waals surface area contributed by atoms with Crippen molar-refractivity contribution in [3.05, 3.63) is 65.0 Å². The zero-order valence-corrected chi connectivity index (χ0v) is 25.5. The predicted octanol–water partition coefficient (Wildman–Crippen LogP) is 4.17. The van der Waals surface area contributed by atoms with Gasteiger partial charge in [-0.2, -0.15) is 5.10 Å². The van der Waals surface area contributed by atoms with Gasteiger partial charge >= 0.3 is 0 Å². The van der Waals surface area contributed by atoms with Gasteiger partial charge in [-0.1, -0.05) is 6.92 Å². The molecule has 0 bridgehead atoms. The Balaban J connectivity index is 1.31. The summed E-state index contributed by atoms with van der Waals surface area (Å²) in [6.45, 7) is 9.98. The van der Waals surface area contributed by atoms with Gasteiger partial charge in [0.2, 0.25) is 0 Å². The Morgan fingerprint density at radius 2 is 1.53 bits per heavy atom. The number of hydrogen-bond acceptors (Lipinski definition) is 9. The molecule has 0 atom stereocenters. The molecule has 2 heterocycles. The third-order valence-electron chi connectivity index (χ3n) is 7.22. The molecule has 10 heteroatoms. The molecule has 2 aromatic carbocycles. The Morgan fingerprint density at radius 3 is 2.16 bits per heavy atom. The van der Waals surface area contributed by atoms with Gasteiger partial charge in [-0.3, -0.25) is 14.9 Å². The highest BCUT2D eigenvalue weighted by atomic mass is 16.5. The Kier molecular flexibility index (Phi) is 12.9. The van der Waals surface area contributed by atoms with Crippen molar-refractivity contribution in [1.29, 1.82) is 0 Å². The summed E-state index contributed by atoms with van der Waals surface area (Å²) < 4.78 is 28.5. The minimum atomic E-state index is 0.145. The summed E-state index contributed by atoms with van der Waals surface area (Å²) in [5.74, 6) is 2.98. The van der Waals surface area contributed by atoms with Gasteiger partial charge in [-0.05, 0) is 61.2 Å². The predicted molar refractivity (Wildman–Crippen MR) is 170 cm³/mol. The standard InChI is InChI=1S/C33H44N4O6/c1-4-36(13-18-38)16-21-42-30-11-7-26(32(24-30)39-2)5-9-28-23-29(35-34-28)10-6-27-8-12-31(25-33(27)40-3)43-22-17-37-14-19-41-20-15-37/h5-12,23-25,38H,4,13-22H2,1-3H3,(H,34,35)/b9-5+,10-6+. The molecule has 1 saturated heterocycles. The SMILES string of the molecule is CCN(CCO)CCOc1ccc(/C=C/c2cc(/C=C/c3ccc(OCCN4CCOCC4)cc3OC)n[nH]2)c(OC)c1. The lowest BCUT2D eigenvalue weighted by atomic mass is 10.1. The van der Waals surface area contributed by atoms with Crippen molar-refractivity contribution >= 4 is 24.3 Å². The fourth-order valence-corrected chi connectivity index (χ4v) is 4.70. The van der Waals surface area contributed by atoms with Crippen LogP contribution < -0.4 is 18.9 Å². The number of aromatic amines is 1. The maximum Gasteiger partial charge on any atom is 0.129 e. The molecule has 0 amide bonds. The summed E-state index contributed by atoms with van der Waals surface area (Å²) in [4.78, 5) is 4.48. The second-order valence-electron chi connectivity index (χ2n) is 10.0. The monoisotopic (exact) mass is 592 g/mol. The number of ether oxygens (including phenoxy) is 5. The molecule has 0 unspecified atom stereocenters. The third kappa shape index (κ3) is 10.1. The first-order chi connectivity index (χ1) is 21.1. The summed E-state index contributed by atoms with van der Waals surface area (Å²) in [5.41, 5.74) is 3.52. The topological polar surface area (TPSA) is 102 Å². The summed E-state index contributed by atoms with van der Waals surface area (Å²) in [7, 11) is 3.31. The van der Waals surface area contributed by atoms with Gasteiger partial charge in [0.05, 0.1) is 45.4 Å². The molecule has 3 aromatic rings. The van der Waals surface area contributed by atoms with E-state index in [9.17, 15) is 0 Å². The molecule has 1 aromatic heterocycles. The number of aliphatic hydroxyl groups excluding tert-OH is 1. The van der Waals surface area contributed by atoms with E-state index in [0.29, 0.717) is 19.8 Å². The molecule has 0 radical (unpaired) electrons. The van der Waals surface area contributed by atoms with Crippen LogP contribution in [0.1, 0.15) is 29.4 Å². The van der Waals surface area contributed by atoms with Crippen molar-refractivity contribution in [1.82, 2.24) is 20.0 Å². The van der Waals surface area contributed by atoms with Crippen molar-refractivity contribution in [2.45, 2.75) is 6.92 Å². The fourth-order valence-electron chi connectivity index (χ4n) is 4.70. The zero-order valence-electron chi connectivity index (χ0n) is 25.5. The highest BCUT2D eigenvalue weighted by Crippen LogP contribution is 2.28. The first kappa shape index (κ1) is 32.1. The normalized spacial score (nSPS) is 14.2. The Hall–Kier alpha value is -3.83. The van der Waals surface area contributed by atoms with Gasteiger partial charge < -0.3 is 28.8 Å². The number of aliphatic hydroxyl groups is 1. The first-order valence-electron chi connectivity index (χ1n) is 14.8. The number of methoxy groups -OCH3 is 2. The van der Waals surface area contributed by atoms with E-state index in [0.717, 1.165) is 91.5 Å². The van der Waals surface area contributed by atoms with Crippen LogP contribution in [0.15, 0.2) is 42.5 Å². The summed E-state index contributed by atoms with van der Waals surface area (Å²) in [6, 6.07) is 13.6. The van der Waals surface area contributed by atoms with Gasteiger partial charge in [-0.25, -0.2) is 0 Å². The van der Waals surface area contributed by atoms with Crippen LogP contribution in [0.2, 0.25) is 0 Å². The molecule has 1 aliphatic rings. The number of morpholine rings is 1. The minimum Gasteiger partial charge on any atom is -0.496 e. The van der Waals surface area contributed by atoms with E-state index < -0.39 is 0 Å². The molecule has 0 saturated carbocycles. The maximum absolute atomic E-state index is 9.14. The molecule has 10 nitrogen and oxygen atoms in total. The number of likely N-dealkylation sites (N-methyl/N-ethyl adjacent to an activating group) is 1. The molecule has 0 aliphatic carbocycles. The van der Waals surface area contributed by atoms with Crippen molar-refractivity contribution in [2.24, 2.45) is 0 Å². The molecule has 2 N–H and O–H groups in total. The van der Waals surface area contributed by atoms with Crippen molar-refractivity contribution in [2.75, 3.05) is 86.5 Å². The summed E-state index contributed by atoms with van der Waals surface area (Å²) >= 11 is 0. The minimum absolute atomic E-state index is 0.145. The van der Waals surface area contributed by atoms with Crippen LogP contribution in [0, 0.1) is 0 Å². The molecule has 232 valence electrons. The van der Waals surface area contributed by atoms with Gasteiger partial charge in [0.25, 0.3) is 0 Å². The summed E-state index contributed by atoms with van der Waals surface area (Å²) in [5, 5.41) is 16.6. The van der Waals surface area contributed by atoms with E-state index in [1.165, 1.54) is 0 Å². The first-order valence-corrected chi connectivity index (χ1v) is 14.8. The van der Waals surface area contributed by atoms with E-state index in [1.54, 1.807) is 14.2 Å². The van der Waals surface area contributed by atoms with Crippen LogP contribution in [0.3, 0.4) is 0 Å². The Morgan fingerprint density at radius 1 is 0.884 bits per heavy atom. The number of aromatic nitrogens is 2. The van der Waals surface area contributed by atoms with Gasteiger partial charge in [-0.15, -0.1) is 0 Å². The van der Waals surface area contributed by atoms with Crippen molar-refractivity contribution in [3.8, 4) is 23.0 Å². The molecule has 0 spiro atoms. The lowest BCUT2D eigenvalue weighted by Crippen LogP contribution is -2.38. The quantitative estimate of drug-likeness (QED) is 0.239. The van der Waals surface area contributed by atoms with Crippen LogP contribution in [0.25, 0.3) is 24.3 Å². The number of benzene rings is 2. The molecule has 1 aliphatic heterocycles. The maximum atomic E-state index is 9.14. The van der Waals surface area contributed by atoms with Crippen LogP contribution >= 0.6 is 0 Å². The Labute approximate surface area is 254 Å². The lowest BCUT2D eigenvalue weighted by Gasteiger charge is -2.26. The van der Waals surface area contributed by atoms with Gasteiger partial charge in [0.1, 0.15) is 36.2 Å². The largest absolute Gasteiger partial charge is 0.496 e. The second-order valence-corrected chi connectivity index (χ2v) is 10.0. The van der Waals surface area contributed by atoms with E-state index in [2.05, 4.69) is 26.9 Å². The van der Waals surface area contributed by atoms with E-state index >= 15 is 0 Å². The van der Waals surface area contributed by atoms with Crippen molar-refractivity contribution in [3.63, 3.8) is 0 Å². The Bertz CT molecular complexity index is 1230. The molecule has 4 rings (SSSR count). The average Bonchev–Trinajstić information content (AvgIpc) is 3.51. The van der Waals surface area contributed by atoms with Gasteiger partial charge in [0, 0.05) is 56.0 Å².